The third-order valence-corrected chi connectivity index (χ3v) is 4.20. The van der Waals surface area contributed by atoms with Crippen LogP contribution in [0.25, 0.3) is 0 Å². The molecule has 23 heavy (non-hydrogen) atoms. The van der Waals surface area contributed by atoms with Gasteiger partial charge in [0.15, 0.2) is 0 Å². The first kappa shape index (κ1) is 17.2. The Hall–Kier alpha value is -2.14. The number of nitrogens with one attached hydrogen (secondary N) is 2. The summed E-state index contributed by atoms with van der Waals surface area (Å²) < 4.78 is 0. The number of hydrogen-bond acceptors (Lipinski definition) is 3. The van der Waals surface area contributed by atoms with Crippen LogP contribution in [0.2, 0.25) is 0 Å². The van der Waals surface area contributed by atoms with Gasteiger partial charge in [0.05, 0.1) is 4.88 Å². The van der Waals surface area contributed by atoms with E-state index in [1.54, 1.807) is 6.07 Å². The fraction of sp³-hybridized carbons (Fsp3) is 0.333. The second-order valence-electron chi connectivity index (χ2n) is 5.83. The maximum absolute atomic E-state index is 12.4. The summed E-state index contributed by atoms with van der Waals surface area (Å²) in [5.74, 6) is 0.0115. The van der Waals surface area contributed by atoms with Crippen molar-refractivity contribution in [1.82, 2.24) is 10.6 Å². The molecule has 1 heterocycles. The molecular formula is C18H22N2O2S. The zero-order valence-corrected chi connectivity index (χ0v) is 14.2. The van der Waals surface area contributed by atoms with Gasteiger partial charge in [-0.1, -0.05) is 50.2 Å². The quantitative estimate of drug-likeness (QED) is 0.820. The number of benzene rings is 1. The number of carbonyl (C=O) groups is 2. The van der Waals surface area contributed by atoms with Crippen LogP contribution in [0.4, 0.5) is 0 Å². The van der Waals surface area contributed by atoms with Crippen molar-refractivity contribution < 1.29 is 9.59 Å². The van der Waals surface area contributed by atoms with E-state index in [9.17, 15) is 9.59 Å². The predicted octanol–water partition coefficient (Wildman–Crippen LogP) is 2.86. The maximum atomic E-state index is 12.4. The van der Waals surface area contributed by atoms with Crippen molar-refractivity contribution in [3.63, 3.8) is 0 Å². The van der Waals surface area contributed by atoms with Gasteiger partial charge in [0.2, 0.25) is 5.91 Å². The molecule has 2 N–H and O–H groups in total. The number of carbonyl (C=O) groups excluding carboxylic acids is 2. The van der Waals surface area contributed by atoms with E-state index in [0.29, 0.717) is 23.8 Å². The van der Waals surface area contributed by atoms with E-state index in [1.807, 2.05) is 55.6 Å². The Morgan fingerprint density at radius 2 is 1.83 bits per heavy atom. The van der Waals surface area contributed by atoms with Gasteiger partial charge in [-0.3, -0.25) is 9.59 Å². The van der Waals surface area contributed by atoms with Gasteiger partial charge in [-0.15, -0.1) is 11.3 Å². The summed E-state index contributed by atoms with van der Waals surface area (Å²) >= 11 is 1.37. The summed E-state index contributed by atoms with van der Waals surface area (Å²) in [6, 6.07) is 12.7. The lowest BCUT2D eigenvalue weighted by molar-refractivity contribution is -0.123. The van der Waals surface area contributed by atoms with Crippen molar-refractivity contribution in [3.8, 4) is 0 Å². The molecule has 0 spiro atoms. The summed E-state index contributed by atoms with van der Waals surface area (Å²) in [5.41, 5.74) is 1.02. The fourth-order valence-corrected chi connectivity index (χ4v) is 2.75. The summed E-state index contributed by atoms with van der Waals surface area (Å²) in [5, 5.41) is 7.60. The Morgan fingerprint density at radius 3 is 2.43 bits per heavy atom. The van der Waals surface area contributed by atoms with Crippen LogP contribution in [0, 0.1) is 5.92 Å². The van der Waals surface area contributed by atoms with Crippen molar-refractivity contribution in [1.29, 1.82) is 0 Å². The van der Waals surface area contributed by atoms with Crippen molar-refractivity contribution in [2.45, 2.75) is 26.3 Å². The van der Waals surface area contributed by atoms with Crippen LogP contribution in [0.1, 0.15) is 29.1 Å². The van der Waals surface area contributed by atoms with Crippen molar-refractivity contribution in [2.24, 2.45) is 5.92 Å². The van der Waals surface area contributed by atoms with E-state index in [4.69, 9.17) is 0 Å². The van der Waals surface area contributed by atoms with Gasteiger partial charge in [0.1, 0.15) is 6.04 Å². The van der Waals surface area contributed by atoms with Gasteiger partial charge in [-0.05, 0) is 22.9 Å². The molecule has 0 saturated heterocycles. The minimum atomic E-state index is -0.578. The van der Waals surface area contributed by atoms with E-state index in [0.717, 1.165) is 5.56 Å². The summed E-state index contributed by atoms with van der Waals surface area (Å²) in [4.78, 5) is 25.3. The zero-order chi connectivity index (χ0) is 16.7. The molecule has 0 saturated carbocycles. The maximum Gasteiger partial charge on any atom is 0.262 e. The first-order valence-electron chi connectivity index (χ1n) is 7.72. The molecule has 1 unspecified atom stereocenters. The molecule has 0 aliphatic heterocycles. The molecule has 1 aromatic carbocycles. The molecule has 5 heteroatoms. The van der Waals surface area contributed by atoms with Crippen LogP contribution in [-0.2, 0) is 11.2 Å². The van der Waals surface area contributed by atoms with Gasteiger partial charge in [0, 0.05) is 13.0 Å². The lowest BCUT2D eigenvalue weighted by atomic mass is 10.0. The van der Waals surface area contributed by atoms with Crippen LogP contribution in [-0.4, -0.2) is 24.4 Å². The third kappa shape index (κ3) is 5.53. The first-order chi connectivity index (χ1) is 11.1. The van der Waals surface area contributed by atoms with Gasteiger partial charge in [-0.2, -0.15) is 0 Å². The van der Waals surface area contributed by atoms with Crippen molar-refractivity contribution in [2.75, 3.05) is 6.54 Å². The van der Waals surface area contributed by atoms with E-state index in [2.05, 4.69) is 10.6 Å². The SMILES string of the molecule is CC(C)CNC(=O)C(Cc1ccccc1)NC(=O)c1cccs1. The lowest BCUT2D eigenvalue weighted by Gasteiger charge is -2.19. The molecule has 2 amide bonds. The van der Waals surface area contributed by atoms with E-state index < -0.39 is 6.04 Å². The Balaban J connectivity index is 2.07. The van der Waals surface area contributed by atoms with Crippen LogP contribution in [0.3, 0.4) is 0 Å². The van der Waals surface area contributed by atoms with Crippen LogP contribution < -0.4 is 10.6 Å². The first-order valence-corrected chi connectivity index (χ1v) is 8.60. The van der Waals surface area contributed by atoms with Crippen molar-refractivity contribution in [3.05, 3.63) is 58.3 Å². The second-order valence-corrected chi connectivity index (χ2v) is 6.78. The normalized spacial score (nSPS) is 12.0. The highest BCUT2D eigenvalue weighted by Crippen LogP contribution is 2.10. The standard InChI is InChI=1S/C18H22N2O2S/c1-13(2)12-19-17(21)15(11-14-7-4-3-5-8-14)20-18(22)16-9-6-10-23-16/h3-10,13,15H,11-12H2,1-2H3,(H,19,21)(H,20,22). The smallest absolute Gasteiger partial charge is 0.262 e. The average Bonchev–Trinajstić information content (AvgIpc) is 3.07. The van der Waals surface area contributed by atoms with Crippen LogP contribution in [0.15, 0.2) is 47.8 Å². The topological polar surface area (TPSA) is 58.2 Å². The molecule has 0 bridgehead atoms. The average molecular weight is 330 g/mol. The van der Waals surface area contributed by atoms with E-state index in [-0.39, 0.29) is 11.8 Å². The fourth-order valence-electron chi connectivity index (χ4n) is 2.12. The number of rotatable bonds is 7. The van der Waals surface area contributed by atoms with Gasteiger partial charge in [0.25, 0.3) is 5.91 Å². The van der Waals surface area contributed by atoms with Gasteiger partial charge in [-0.25, -0.2) is 0 Å². The molecule has 0 fully saturated rings. The predicted molar refractivity (Wildman–Crippen MR) is 93.6 cm³/mol. The van der Waals surface area contributed by atoms with E-state index >= 15 is 0 Å². The molecule has 0 radical (unpaired) electrons. The second kappa shape index (κ2) is 8.48. The Bertz CT molecular complexity index is 624. The largest absolute Gasteiger partial charge is 0.354 e. The summed E-state index contributed by atoms with van der Waals surface area (Å²) in [6.45, 7) is 4.67. The molecule has 4 nitrogen and oxygen atoms in total. The molecular weight excluding hydrogens is 308 g/mol. The van der Waals surface area contributed by atoms with Gasteiger partial charge < -0.3 is 10.6 Å². The molecule has 0 aliphatic carbocycles. The number of amides is 2. The van der Waals surface area contributed by atoms with Crippen LogP contribution in [0.5, 0.6) is 0 Å². The Morgan fingerprint density at radius 1 is 1.09 bits per heavy atom. The molecule has 122 valence electrons. The summed E-state index contributed by atoms with van der Waals surface area (Å²) in [7, 11) is 0. The van der Waals surface area contributed by atoms with Crippen LogP contribution >= 0.6 is 11.3 Å². The highest BCUT2D eigenvalue weighted by atomic mass is 32.1. The molecule has 0 aliphatic rings. The molecule has 1 aromatic heterocycles. The number of thiophene rings is 1. The van der Waals surface area contributed by atoms with E-state index in [1.165, 1.54) is 11.3 Å². The van der Waals surface area contributed by atoms with Gasteiger partial charge >= 0.3 is 0 Å². The molecule has 2 rings (SSSR count). The Labute approximate surface area is 140 Å². The molecule has 1 atom stereocenters. The minimum absolute atomic E-state index is 0.146. The lowest BCUT2D eigenvalue weighted by Crippen LogP contribution is -2.48. The zero-order valence-electron chi connectivity index (χ0n) is 13.4. The highest BCUT2D eigenvalue weighted by molar-refractivity contribution is 7.12. The third-order valence-electron chi connectivity index (χ3n) is 3.33. The summed E-state index contributed by atoms with van der Waals surface area (Å²) in [6.07, 6.45) is 0.474. The monoisotopic (exact) mass is 330 g/mol. The molecule has 2 aromatic rings. The Kier molecular flexibility index (Phi) is 6.35. The number of hydrogen-bond donors (Lipinski definition) is 2. The minimum Gasteiger partial charge on any atom is -0.354 e. The van der Waals surface area contributed by atoms with Crippen molar-refractivity contribution >= 4 is 23.2 Å². The highest BCUT2D eigenvalue weighted by Gasteiger charge is 2.22.